The number of carbonyl (C=O) groups excluding carboxylic acids is 2. The van der Waals surface area contributed by atoms with E-state index in [2.05, 4.69) is 29.7 Å². The number of hydrogen-bond acceptors (Lipinski definition) is 4. The predicted octanol–water partition coefficient (Wildman–Crippen LogP) is 3.83. The van der Waals surface area contributed by atoms with Gasteiger partial charge in [-0.3, -0.25) is 9.59 Å². The normalized spacial score (nSPS) is 16.8. The number of aryl methyl sites for hydroxylation is 1. The summed E-state index contributed by atoms with van der Waals surface area (Å²) in [6.07, 6.45) is 1.68. The Morgan fingerprint density at radius 1 is 1.10 bits per heavy atom. The van der Waals surface area contributed by atoms with Crippen LogP contribution in [-0.4, -0.2) is 37.0 Å². The molecule has 2 aromatic carbocycles. The van der Waals surface area contributed by atoms with Gasteiger partial charge in [-0.2, -0.15) is 0 Å². The van der Waals surface area contributed by atoms with Crippen molar-refractivity contribution < 1.29 is 14.3 Å². The molecule has 5 nitrogen and oxygen atoms in total. The fraction of sp³-hybridized carbons (Fsp3) is 0.417. The third-order valence-electron chi connectivity index (χ3n) is 5.73. The van der Waals surface area contributed by atoms with Gasteiger partial charge in [-0.25, -0.2) is 0 Å². The Bertz CT molecular complexity index is 858. The average Bonchev–Trinajstić information content (AvgIpc) is 2.73. The van der Waals surface area contributed by atoms with Gasteiger partial charge >= 0.3 is 0 Å². The number of Topliss-reactive ketones (excluding diaryl/α,β-unsaturated/α-hetero) is 1. The van der Waals surface area contributed by atoms with Crippen LogP contribution < -0.4 is 10.6 Å². The lowest BCUT2D eigenvalue weighted by Gasteiger charge is -2.40. The minimum absolute atomic E-state index is 0.00900. The molecule has 0 bridgehead atoms. The van der Waals surface area contributed by atoms with Crippen molar-refractivity contribution in [3.63, 3.8) is 0 Å². The monoisotopic (exact) mass is 394 g/mol. The van der Waals surface area contributed by atoms with Gasteiger partial charge in [0.1, 0.15) is 0 Å². The molecule has 1 aliphatic rings. The lowest BCUT2D eigenvalue weighted by Crippen LogP contribution is -2.57. The number of carbonyl (C=O) groups is 2. The Kier molecular flexibility index (Phi) is 6.83. The average molecular weight is 395 g/mol. The molecule has 5 heteroatoms. The van der Waals surface area contributed by atoms with Crippen LogP contribution in [0, 0.1) is 6.92 Å². The van der Waals surface area contributed by atoms with E-state index in [1.54, 1.807) is 18.2 Å². The van der Waals surface area contributed by atoms with Crippen LogP contribution >= 0.6 is 0 Å². The quantitative estimate of drug-likeness (QED) is 0.701. The molecule has 1 heterocycles. The van der Waals surface area contributed by atoms with Crippen LogP contribution in [-0.2, 0) is 4.74 Å². The van der Waals surface area contributed by atoms with Crippen LogP contribution in [0.5, 0.6) is 0 Å². The summed E-state index contributed by atoms with van der Waals surface area (Å²) in [6.45, 7) is 7.43. The molecule has 0 saturated carbocycles. The molecule has 3 rings (SSSR count). The van der Waals surface area contributed by atoms with Crippen LogP contribution in [0.1, 0.15) is 64.6 Å². The van der Waals surface area contributed by atoms with E-state index in [9.17, 15) is 9.59 Å². The van der Waals surface area contributed by atoms with Crippen molar-refractivity contribution >= 4 is 11.7 Å². The topological polar surface area (TPSA) is 67.4 Å². The second-order valence-electron chi connectivity index (χ2n) is 7.94. The highest BCUT2D eigenvalue weighted by Crippen LogP contribution is 2.25. The van der Waals surface area contributed by atoms with E-state index in [4.69, 9.17) is 4.74 Å². The first-order chi connectivity index (χ1) is 13.9. The summed E-state index contributed by atoms with van der Waals surface area (Å²) in [5, 5.41) is 6.85. The van der Waals surface area contributed by atoms with Crippen molar-refractivity contribution in [2.45, 2.75) is 45.2 Å². The van der Waals surface area contributed by atoms with Gasteiger partial charge in [-0.15, -0.1) is 0 Å². The molecule has 1 saturated heterocycles. The Morgan fingerprint density at radius 2 is 1.79 bits per heavy atom. The Balaban J connectivity index is 1.69. The van der Waals surface area contributed by atoms with Gasteiger partial charge in [-0.05, 0) is 56.9 Å². The summed E-state index contributed by atoms with van der Waals surface area (Å²) in [5.74, 6) is -0.113. The lowest BCUT2D eigenvalue weighted by atomic mass is 9.88. The molecule has 1 fully saturated rings. The Hall–Kier alpha value is -2.50. The fourth-order valence-electron chi connectivity index (χ4n) is 3.97. The zero-order chi connectivity index (χ0) is 20.9. The summed E-state index contributed by atoms with van der Waals surface area (Å²) in [4.78, 5) is 24.4. The number of ether oxygens (including phenoxy) is 1. The first-order valence-corrected chi connectivity index (χ1v) is 10.2. The molecule has 0 aromatic heterocycles. The molecule has 1 aliphatic heterocycles. The summed E-state index contributed by atoms with van der Waals surface area (Å²) < 4.78 is 5.57. The van der Waals surface area contributed by atoms with E-state index in [0.717, 1.165) is 18.4 Å². The van der Waals surface area contributed by atoms with E-state index in [0.29, 0.717) is 30.9 Å². The molecule has 0 spiro atoms. The molecule has 2 N–H and O–H groups in total. The summed E-state index contributed by atoms with van der Waals surface area (Å²) >= 11 is 0. The van der Waals surface area contributed by atoms with Crippen molar-refractivity contribution in [3.8, 4) is 0 Å². The molecule has 29 heavy (non-hydrogen) atoms. The zero-order valence-corrected chi connectivity index (χ0v) is 17.5. The number of amides is 1. The highest BCUT2D eigenvalue weighted by molar-refractivity contribution is 5.99. The maximum atomic E-state index is 12.8. The highest BCUT2D eigenvalue weighted by Gasteiger charge is 2.34. The molecule has 0 radical (unpaired) electrons. The number of ketones is 1. The van der Waals surface area contributed by atoms with Crippen LogP contribution in [0.3, 0.4) is 0 Å². The standard InChI is InChI=1S/C24H30N2O3/c1-17-15-21(9-10-22(17)19(3)27)23(28)25-16-24(11-13-29-14-12-24)26-18(2)20-7-5-4-6-8-20/h4-10,15,18,26H,11-14,16H2,1-3H3,(H,25,28). The number of benzene rings is 2. The van der Waals surface area contributed by atoms with Crippen LogP contribution in [0.25, 0.3) is 0 Å². The number of rotatable bonds is 7. The van der Waals surface area contributed by atoms with Crippen molar-refractivity contribution in [1.29, 1.82) is 0 Å². The van der Waals surface area contributed by atoms with Crippen LogP contribution in [0.15, 0.2) is 48.5 Å². The van der Waals surface area contributed by atoms with Gasteiger partial charge in [0.05, 0.1) is 0 Å². The predicted molar refractivity (Wildman–Crippen MR) is 114 cm³/mol. The molecule has 154 valence electrons. The van der Waals surface area contributed by atoms with Gasteiger partial charge in [0.25, 0.3) is 5.91 Å². The maximum Gasteiger partial charge on any atom is 0.251 e. The summed E-state index contributed by atoms with van der Waals surface area (Å²) in [7, 11) is 0. The summed E-state index contributed by atoms with van der Waals surface area (Å²) in [6, 6.07) is 15.7. The molecule has 1 unspecified atom stereocenters. The third-order valence-corrected chi connectivity index (χ3v) is 5.73. The molecule has 0 aliphatic carbocycles. The molecule has 2 aromatic rings. The molecule has 1 atom stereocenters. The van der Waals surface area contributed by atoms with Crippen molar-refractivity contribution in [3.05, 3.63) is 70.8 Å². The smallest absolute Gasteiger partial charge is 0.251 e. The van der Waals surface area contributed by atoms with E-state index < -0.39 is 0 Å². The summed E-state index contributed by atoms with van der Waals surface area (Å²) in [5.41, 5.74) is 3.06. The van der Waals surface area contributed by atoms with Crippen molar-refractivity contribution in [2.24, 2.45) is 0 Å². The zero-order valence-electron chi connectivity index (χ0n) is 17.5. The molecular formula is C24H30N2O3. The second-order valence-corrected chi connectivity index (χ2v) is 7.94. The van der Waals surface area contributed by atoms with E-state index >= 15 is 0 Å². The first kappa shape index (κ1) is 21.2. The van der Waals surface area contributed by atoms with E-state index in [1.165, 1.54) is 12.5 Å². The second kappa shape index (κ2) is 9.33. The van der Waals surface area contributed by atoms with Gasteiger partial charge in [0, 0.05) is 42.5 Å². The van der Waals surface area contributed by atoms with E-state index in [1.807, 2.05) is 25.1 Å². The van der Waals surface area contributed by atoms with Crippen molar-refractivity contribution in [2.75, 3.05) is 19.8 Å². The lowest BCUT2D eigenvalue weighted by molar-refractivity contribution is 0.0332. The number of nitrogens with one attached hydrogen (secondary N) is 2. The highest BCUT2D eigenvalue weighted by atomic mass is 16.5. The van der Waals surface area contributed by atoms with Gasteiger partial charge in [0.2, 0.25) is 0 Å². The van der Waals surface area contributed by atoms with Crippen LogP contribution in [0.4, 0.5) is 0 Å². The SMILES string of the molecule is CC(=O)c1ccc(C(=O)NCC2(NC(C)c3ccccc3)CCOCC2)cc1C. The van der Waals surface area contributed by atoms with Gasteiger partial charge < -0.3 is 15.4 Å². The van der Waals surface area contributed by atoms with Gasteiger partial charge in [-0.1, -0.05) is 36.4 Å². The number of hydrogen-bond donors (Lipinski definition) is 2. The van der Waals surface area contributed by atoms with Crippen molar-refractivity contribution in [1.82, 2.24) is 10.6 Å². The van der Waals surface area contributed by atoms with E-state index in [-0.39, 0.29) is 23.3 Å². The molecule has 1 amide bonds. The first-order valence-electron chi connectivity index (χ1n) is 10.2. The Labute approximate surface area is 172 Å². The maximum absolute atomic E-state index is 12.8. The Morgan fingerprint density at radius 3 is 2.41 bits per heavy atom. The van der Waals surface area contributed by atoms with Gasteiger partial charge in [0.15, 0.2) is 5.78 Å². The molecular weight excluding hydrogens is 364 g/mol. The minimum Gasteiger partial charge on any atom is -0.381 e. The third kappa shape index (κ3) is 5.31. The minimum atomic E-state index is -0.211. The fourth-order valence-corrected chi connectivity index (χ4v) is 3.97. The largest absolute Gasteiger partial charge is 0.381 e. The van der Waals surface area contributed by atoms with Crippen LogP contribution in [0.2, 0.25) is 0 Å².